The van der Waals surface area contributed by atoms with Crippen LogP contribution in [-0.2, 0) is 18.2 Å². The minimum Gasteiger partial charge on any atom is -0.374 e. The van der Waals surface area contributed by atoms with Crippen molar-refractivity contribution in [3.05, 3.63) is 18.0 Å². The molecule has 2 heterocycles. The molecule has 0 amide bonds. The Morgan fingerprint density at radius 1 is 1.75 bits per heavy atom. The molecule has 5 nitrogen and oxygen atoms in total. The van der Waals surface area contributed by atoms with Crippen molar-refractivity contribution in [1.29, 1.82) is 0 Å². The van der Waals surface area contributed by atoms with Gasteiger partial charge in [-0.1, -0.05) is 0 Å². The molecular formula is C11H20N4O. The lowest BCUT2D eigenvalue weighted by molar-refractivity contribution is -0.0115. The third kappa shape index (κ3) is 2.26. The predicted molar refractivity (Wildman–Crippen MR) is 61.6 cm³/mol. The molecule has 1 aliphatic rings. The molecule has 0 bridgehead atoms. The molecule has 3 N–H and O–H groups in total. The van der Waals surface area contributed by atoms with Crippen molar-refractivity contribution in [3.63, 3.8) is 0 Å². The van der Waals surface area contributed by atoms with E-state index in [2.05, 4.69) is 17.4 Å². The van der Waals surface area contributed by atoms with E-state index in [1.54, 1.807) is 4.68 Å². The summed E-state index contributed by atoms with van der Waals surface area (Å²) in [7, 11) is 1.92. The summed E-state index contributed by atoms with van der Waals surface area (Å²) in [4.78, 5) is 0. The quantitative estimate of drug-likeness (QED) is 0.572. The van der Waals surface area contributed by atoms with Gasteiger partial charge in [0.1, 0.15) is 0 Å². The van der Waals surface area contributed by atoms with Gasteiger partial charge in [-0.15, -0.1) is 0 Å². The smallest absolute Gasteiger partial charge is 0.0824 e. The molecular weight excluding hydrogens is 204 g/mol. The summed E-state index contributed by atoms with van der Waals surface area (Å²) in [6.07, 6.45) is 6.91. The van der Waals surface area contributed by atoms with Gasteiger partial charge < -0.3 is 4.74 Å². The Balaban J connectivity index is 2.05. The van der Waals surface area contributed by atoms with Crippen LogP contribution in [0.15, 0.2) is 12.4 Å². The maximum atomic E-state index is 5.80. The lowest BCUT2D eigenvalue weighted by atomic mass is 9.89. The molecule has 1 aromatic heterocycles. The maximum absolute atomic E-state index is 5.80. The Morgan fingerprint density at radius 2 is 2.56 bits per heavy atom. The van der Waals surface area contributed by atoms with E-state index in [-0.39, 0.29) is 11.6 Å². The van der Waals surface area contributed by atoms with Crippen molar-refractivity contribution in [2.45, 2.75) is 37.8 Å². The van der Waals surface area contributed by atoms with Gasteiger partial charge in [-0.05, 0) is 31.7 Å². The van der Waals surface area contributed by atoms with Crippen molar-refractivity contribution in [3.8, 4) is 0 Å². The summed E-state index contributed by atoms with van der Waals surface area (Å²) in [5.41, 5.74) is 3.91. The molecule has 2 unspecified atom stereocenters. The SMILES string of the molecule is Cn1cc(CC(NN)C2(C)CCCO2)cn1. The number of aryl methyl sites for hydroxylation is 1. The van der Waals surface area contributed by atoms with E-state index < -0.39 is 0 Å². The fourth-order valence-electron chi connectivity index (χ4n) is 2.34. The molecule has 2 atom stereocenters. The molecule has 0 saturated carbocycles. The van der Waals surface area contributed by atoms with Crippen LogP contribution in [0.1, 0.15) is 25.3 Å². The van der Waals surface area contributed by atoms with Crippen LogP contribution in [0.25, 0.3) is 0 Å². The van der Waals surface area contributed by atoms with E-state index in [1.807, 2.05) is 19.4 Å². The maximum Gasteiger partial charge on any atom is 0.0824 e. The van der Waals surface area contributed by atoms with Crippen LogP contribution in [0.2, 0.25) is 0 Å². The zero-order chi connectivity index (χ0) is 11.6. The highest BCUT2D eigenvalue weighted by Gasteiger charge is 2.37. The number of nitrogens with zero attached hydrogens (tertiary/aromatic N) is 2. The van der Waals surface area contributed by atoms with Crippen LogP contribution in [0.3, 0.4) is 0 Å². The number of hydrogen-bond acceptors (Lipinski definition) is 4. The molecule has 0 radical (unpaired) electrons. The Hall–Kier alpha value is -0.910. The van der Waals surface area contributed by atoms with Crippen molar-refractivity contribution in [2.24, 2.45) is 12.9 Å². The molecule has 1 fully saturated rings. The van der Waals surface area contributed by atoms with Crippen molar-refractivity contribution >= 4 is 0 Å². The first-order chi connectivity index (χ1) is 7.64. The Morgan fingerprint density at radius 3 is 3.06 bits per heavy atom. The van der Waals surface area contributed by atoms with Crippen molar-refractivity contribution in [1.82, 2.24) is 15.2 Å². The number of aromatic nitrogens is 2. The average Bonchev–Trinajstić information content (AvgIpc) is 2.85. The zero-order valence-electron chi connectivity index (χ0n) is 9.94. The van der Waals surface area contributed by atoms with E-state index in [0.717, 1.165) is 25.9 Å². The summed E-state index contributed by atoms with van der Waals surface area (Å²) in [5, 5.41) is 4.16. The molecule has 0 aliphatic carbocycles. The summed E-state index contributed by atoms with van der Waals surface area (Å²) < 4.78 is 7.61. The fourth-order valence-corrected chi connectivity index (χ4v) is 2.34. The fraction of sp³-hybridized carbons (Fsp3) is 0.727. The number of hydrazine groups is 1. The van der Waals surface area contributed by atoms with Crippen LogP contribution < -0.4 is 11.3 Å². The van der Waals surface area contributed by atoms with Crippen LogP contribution in [-0.4, -0.2) is 28.0 Å². The minimum atomic E-state index is -0.148. The molecule has 1 saturated heterocycles. The van der Waals surface area contributed by atoms with Gasteiger partial charge in [0.2, 0.25) is 0 Å². The Bertz CT molecular complexity index is 344. The monoisotopic (exact) mass is 224 g/mol. The lowest BCUT2D eigenvalue weighted by Crippen LogP contribution is -2.52. The second-order valence-electron chi connectivity index (χ2n) is 4.71. The second-order valence-corrected chi connectivity index (χ2v) is 4.71. The van der Waals surface area contributed by atoms with Gasteiger partial charge in [-0.3, -0.25) is 16.0 Å². The van der Waals surface area contributed by atoms with Gasteiger partial charge in [0.25, 0.3) is 0 Å². The summed E-state index contributed by atoms with van der Waals surface area (Å²) >= 11 is 0. The first kappa shape index (κ1) is 11.6. The van der Waals surface area contributed by atoms with Gasteiger partial charge in [-0.2, -0.15) is 5.10 Å². The number of nitrogens with one attached hydrogen (secondary N) is 1. The Kier molecular flexibility index (Phi) is 3.28. The Labute approximate surface area is 95.9 Å². The molecule has 16 heavy (non-hydrogen) atoms. The van der Waals surface area contributed by atoms with E-state index in [4.69, 9.17) is 10.6 Å². The molecule has 5 heteroatoms. The van der Waals surface area contributed by atoms with Gasteiger partial charge in [0.05, 0.1) is 17.8 Å². The second kappa shape index (κ2) is 4.53. The summed E-state index contributed by atoms with van der Waals surface area (Å²) in [6, 6.07) is 0.138. The highest BCUT2D eigenvalue weighted by atomic mass is 16.5. The summed E-state index contributed by atoms with van der Waals surface area (Å²) in [6.45, 7) is 2.96. The normalized spacial score (nSPS) is 27.2. The molecule has 90 valence electrons. The first-order valence-electron chi connectivity index (χ1n) is 5.72. The van der Waals surface area contributed by atoms with Gasteiger partial charge in [0.15, 0.2) is 0 Å². The number of hydrogen-bond donors (Lipinski definition) is 2. The number of ether oxygens (including phenoxy) is 1. The van der Waals surface area contributed by atoms with Crippen LogP contribution in [0, 0.1) is 0 Å². The van der Waals surface area contributed by atoms with Crippen LogP contribution >= 0.6 is 0 Å². The van der Waals surface area contributed by atoms with E-state index >= 15 is 0 Å². The standard InChI is InChI=1S/C11H20N4O/c1-11(4-3-5-16-11)10(14-12)6-9-7-13-15(2)8-9/h7-8,10,14H,3-6,12H2,1-2H3. The van der Waals surface area contributed by atoms with Crippen LogP contribution in [0.4, 0.5) is 0 Å². The largest absolute Gasteiger partial charge is 0.374 e. The van der Waals surface area contributed by atoms with Gasteiger partial charge >= 0.3 is 0 Å². The van der Waals surface area contributed by atoms with Gasteiger partial charge in [0, 0.05) is 19.9 Å². The average molecular weight is 224 g/mol. The van der Waals surface area contributed by atoms with E-state index in [9.17, 15) is 0 Å². The lowest BCUT2D eigenvalue weighted by Gasteiger charge is -2.32. The topological polar surface area (TPSA) is 65.1 Å². The number of rotatable bonds is 4. The summed E-state index contributed by atoms with van der Waals surface area (Å²) in [5.74, 6) is 5.64. The van der Waals surface area contributed by atoms with E-state index in [0.29, 0.717) is 0 Å². The highest BCUT2D eigenvalue weighted by molar-refractivity contribution is 5.09. The molecule has 1 aromatic rings. The molecule has 0 spiro atoms. The molecule has 1 aliphatic heterocycles. The van der Waals surface area contributed by atoms with Crippen LogP contribution in [0.5, 0.6) is 0 Å². The molecule has 0 aromatic carbocycles. The van der Waals surface area contributed by atoms with Crippen molar-refractivity contribution in [2.75, 3.05) is 6.61 Å². The molecule has 2 rings (SSSR count). The van der Waals surface area contributed by atoms with Crippen molar-refractivity contribution < 1.29 is 4.74 Å². The van der Waals surface area contributed by atoms with Gasteiger partial charge in [-0.25, -0.2) is 0 Å². The third-order valence-corrected chi connectivity index (χ3v) is 3.39. The van der Waals surface area contributed by atoms with E-state index in [1.165, 1.54) is 5.56 Å². The first-order valence-corrected chi connectivity index (χ1v) is 5.72. The predicted octanol–water partition coefficient (Wildman–Crippen LogP) is 0.364. The number of nitrogens with two attached hydrogens (primary N) is 1. The zero-order valence-corrected chi connectivity index (χ0v) is 9.94. The minimum absolute atomic E-state index is 0.138. The third-order valence-electron chi connectivity index (χ3n) is 3.39. The highest BCUT2D eigenvalue weighted by Crippen LogP contribution is 2.29.